The number of aliphatic hydroxyl groups is 1. The molecule has 43 heavy (non-hydrogen) atoms. The third-order valence-electron chi connectivity index (χ3n) is 9.13. The summed E-state index contributed by atoms with van der Waals surface area (Å²) < 4.78 is 18.7. The van der Waals surface area contributed by atoms with E-state index < -0.39 is 43.2 Å². The number of nitrogens with one attached hydrogen (secondary N) is 3. The fourth-order valence-electron chi connectivity index (χ4n) is 6.53. The molecule has 3 rings (SSSR count). The number of benzene rings is 1. The third-order valence-corrected chi connectivity index (χ3v) is 11.8. The van der Waals surface area contributed by atoms with E-state index in [1.807, 2.05) is 44.2 Å². The van der Waals surface area contributed by atoms with Gasteiger partial charge in [-0.05, 0) is 43.1 Å². The van der Waals surface area contributed by atoms with Gasteiger partial charge in [0.25, 0.3) is 0 Å². The minimum absolute atomic E-state index is 0.0825. The van der Waals surface area contributed by atoms with Gasteiger partial charge in [0, 0.05) is 25.6 Å². The van der Waals surface area contributed by atoms with Crippen LogP contribution in [-0.4, -0.2) is 60.1 Å². The molecule has 2 saturated carbocycles. The van der Waals surface area contributed by atoms with Crippen molar-refractivity contribution in [2.24, 2.45) is 17.8 Å². The Morgan fingerprint density at radius 3 is 2.09 bits per heavy atom. The summed E-state index contributed by atoms with van der Waals surface area (Å²) in [6.45, 7) is 5.65. The third kappa shape index (κ3) is 10.7. The van der Waals surface area contributed by atoms with Crippen LogP contribution in [-0.2, 0) is 29.9 Å². The van der Waals surface area contributed by atoms with Crippen LogP contribution in [0.4, 0.5) is 0 Å². The van der Waals surface area contributed by atoms with Gasteiger partial charge in [0.05, 0.1) is 6.04 Å². The number of amides is 3. The molecule has 0 bridgehead atoms. The molecule has 0 saturated heterocycles. The molecular formula is C33H54N3O6P. The summed E-state index contributed by atoms with van der Waals surface area (Å²) in [6, 6.07) is 7.02. The second-order valence-electron chi connectivity index (χ2n) is 12.9. The van der Waals surface area contributed by atoms with Gasteiger partial charge >= 0.3 is 0 Å². The predicted octanol–water partition coefficient (Wildman–Crippen LogP) is 5.15. The smallest absolute Gasteiger partial charge is 0.243 e. The lowest BCUT2D eigenvalue weighted by Crippen LogP contribution is -2.57. The van der Waals surface area contributed by atoms with Gasteiger partial charge < -0.3 is 25.6 Å². The fourth-order valence-corrected chi connectivity index (χ4v) is 8.12. The van der Waals surface area contributed by atoms with Crippen molar-refractivity contribution in [1.82, 2.24) is 16.0 Å². The first kappa shape index (κ1) is 35.3. The topological polar surface area (TPSA) is 134 Å². The normalized spacial score (nSPS) is 20.5. The van der Waals surface area contributed by atoms with Crippen LogP contribution >= 0.6 is 7.37 Å². The Hall–Kier alpha value is -2.22. The van der Waals surface area contributed by atoms with Crippen LogP contribution in [0.5, 0.6) is 0 Å². The number of hydrogen-bond acceptors (Lipinski definition) is 6. The van der Waals surface area contributed by atoms with Crippen molar-refractivity contribution in [3.05, 3.63) is 35.9 Å². The molecule has 0 aliphatic heterocycles. The summed E-state index contributed by atoms with van der Waals surface area (Å²) in [5, 5.41) is 20.2. The van der Waals surface area contributed by atoms with E-state index in [4.69, 9.17) is 4.52 Å². The van der Waals surface area contributed by atoms with Crippen molar-refractivity contribution < 1.29 is 28.6 Å². The highest BCUT2D eigenvalue weighted by atomic mass is 31.2. The van der Waals surface area contributed by atoms with Crippen LogP contribution in [0.1, 0.15) is 97.0 Å². The molecule has 2 aliphatic rings. The quantitative estimate of drug-likeness (QED) is 0.189. The van der Waals surface area contributed by atoms with E-state index in [9.17, 15) is 24.1 Å². The molecule has 2 aliphatic carbocycles. The zero-order valence-electron chi connectivity index (χ0n) is 26.6. The maximum absolute atomic E-state index is 13.8. The molecule has 0 spiro atoms. The SMILES string of the molecule is CCP(=O)(OC)[C@@H](O)[C@H](CC1CCCCC1)NC(=O)[C@H](CC(C)C)NC(=O)[C@H](Cc1ccccc1)NC(=O)C1CCCC1. The van der Waals surface area contributed by atoms with Gasteiger partial charge in [-0.3, -0.25) is 18.9 Å². The van der Waals surface area contributed by atoms with Crippen molar-refractivity contribution in [2.75, 3.05) is 13.3 Å². The summed E-state index contributed by atoms with van der Waals surface area (Å²) >= 11 is 0. The lowest BCUT2D eigenvalue weighted by molar-refractivity contribution is -0.133. The van der Waals surface area contributed by atoms with Gasteiger partial charge in [0.15, 0.2) is 5.85 Å². The summed E-state index contributed by atoms with van der Waals surface area (Å²) in [6.07, 6.45) is 10.3. The molecule has 9 nitrogen and oxygen atoms in total. The number of aliphatic hydroxyl groups excluding tert-OH is 1. The zero-order valence-corrected chi connectivity index (χ0v) is 27.5. The van der Waals surface area contributed by atoms with Crippen LogP contribution in [0, 0.1) is 17.8 Å². The lowest BCUT2D eigenvalue weighted by atomic mass is 9.85. The van der Waals surface area contributed by atoms with Crippen LogP contribution in [0.25, 0.3) is 0 Å². The first-order valence-electron chi connectivity index (χ1n) is 16.3. The van der Waals surface area contributed by atoms with Crippen molar-refractivity contribution in [3.8, 4) is 0 Å². The summed E-state index contributed by atoms with van der Waals surface area (Å²) in [5.74, 6) is -2.03. The van der Waals surface area contributed by atoms with Gasteiger partial charge in [-0.1, -0.05) is 96.0 Å². The highest BCUT2D eigenvalue weighted by molar-refractivity contribution is 7.59. The molecular weight excluding hydrogens is 565 g/mol. The average Bonchev–Trinajstić information content (AvgIpc) is 3.55. The molecule has 1 aromatic carbocycles. The maximum Gasteiger partial charge on any atom is 0.243 e. The van der Waals surface area contributed by atoms with Crippen LogP contribution in [0.2, 0.25) is 0 Å². The molecule has 3 amide bonds. The lowest BCUT2D eigenvalue weighted by Gasteiger charge is -2.34. The molecule has 2 fully saturated rings. The van der Waals surface area contributed by atoms with Crippen molar-refractivity contribution in [3.63, 3.8) is 0 Å². The van der Waals surface area contributed by atoms with Crippen LogP contribution in [0.3, 0.4) is 0 Å². The Labute approximate surface area is 258 Å². The van der Waals surface area contributed by atoms with E-state index >= 15 is 0 Å². The minimum atomic E-state index is -3.41. The zero-order chi connectivity index (χ0) is 31.4. The highest BCUT2D eigenvalue weighted by Gasteiger charge is 2.40. The Kier molecular flexibility index (Phi) is 14.2. The molecule has 242 valence electrons. The number of rotatable bonds is 16. The van der Waals surface area contributed by atoms with Crippen LogP contribution < -0.4 is 16.0 Å². The standard InChI is InChI=1S/C33H54N3O6P/c1-5-43(41,42-4)33(40)29(22-25-16-10-7-11-17-25)36-31(38)27(20-23(2)3)35-32(39)28(21-24-14-8-6-9-15-24)34-30(37)26-18-12-13-19-26/h6,8-9,14-15,23,25-29,33,40H,5,7,10-13,16-22H2,1-4H3,(H,34,37)(H,35,39)(H,36,38)/t27-,28-,29-,33+,43?/m0/s1. The molecule has 1 unspecified atom stereocenters. The molecule has 0 heterocycles. The number of carbonyl (C=O) groups is 3. The van der Waals surface area contributed by atoms with Gasteiger partial charge in [0.2, 0.25) is 25.1 Å². The van der Waals surface area contributed by atoms with Crippen molar-refractivity contribution in [1.29, 1.82) is 0 Å². The van der Waals surface area contributed by atoms with Crippen molar-refractivity contribution >= 4 is 25.1 Å². The largest absolute Gasteiger partial charge is 0.381 e. The molecule has 0 radical (unpaired) electrons. The fraction of sp³-hybridized carbons (Fsp3) is 0.727. The molecule has 10 heteroatoms. The number of carbonyl (C=O) groups excluding carboxylic acids is 3. The first-order chi connectivity index (χ1) is 20.6. The van der Waals surface area contributed by atoms with E-state index in [0.29, 0.717) is 25.2 Å². The van der Waals surface area contributed by atoms with E-state index in [2.05, 4.69) is 16.0 Å². The minimum Gasteiger partial charge on any atom is -0.381 e. The van der Waals surface area contributed by atoms with Crippen LogP contribution in [0.15, 0.2) is 30.3 Å². The number of hydrogen-bond donors (Lipinski definition) is 4. The van der Waals surface area contributed by atoms with Gasteiger partial charge in [0.1, 0.15) is 12.1 Å². The average molecular weight is 620 g/mol. The second-order valence-corrected chi connectivity index (χ2v) is 15.9. The van der Waals surface area contributed by atoms with Crippen molar-refractivity contribution in [2.45, 2.75) is 122 Å². The predicted molar refractivity (Wildman–Crippen MR) is 170 cm³/mol. The summed E-state index contributed by atoms with van der Waals surface area (Å²) in [7, 11) is -2.08. The second kappa shape index (κ2) is 17.3. The Bertz CT molecular complexity index is 1060. The molecule has 5 atom stereocenters. The first-order valence-corrected chi connectivity index (χ1v) is 18.2. The summed E-state index contributed by atoms with van der Waals surface area (Å²) in [4.78, 5) is 40.7. The highest BCUT2D eigenvalue weighted by Crippen LogP contribution is 2.51. The molecule has 4 N–H and O–H groups in total. The van der Waals surface area contributed by atoms with E-state index in [1.165, 1.54) is 13.5 Å². The Morgan fingerprint density at radius 1 is 0.907 bits per heavy atom. The van der Waals surface area contributed by atoms with E-state index in [0.717, 1.165) is 56.9 Å². The monoisotopic (exact) mass is 619 g/mol. The molecule has 1 aromatic rings. The summed E-state index contributed by atoms with van der Waals surface area (Å²) in [5.41, 5.74) is 0.907. The van der Waals surface area contributed by atoms with E-state index in [1.54, 1.807) is 6.92 Å². The van der Waals surface area contributed by atoms with Gasteiger partial charge in [-0.2, -0.15) is 0 Å². The van der Waals surface area contributed by atoms with E-state index in [-0.39, 0.29) is 23.9 Å². The molecule has 0 aromatic heterocycles. The Balaban J connectivity index is 1.80. The maximum atomic E-state index is 13.8. The van der Waals surface area contributed by atoms with Gasteiger partial charge in [-0.25, -0.2) is 0 Å². The Morgan fingerprint density at radius 2 is 1.51 bits per heavy atom. The van der Waals surface area contributed by atoms with Gasteiger partial charge in [-0.15, -0.1) is 0 Å².